The van der Waals surface area contributed by atoms with Gasteiger partial charge in [0.15, 0.2) is 0 Å². The molecule has 0 heterocycles. The SMILES string of the molecule is CCCCCCCCC(CCCCCCCC)(CC(=O)O)c1ccccc1. The van der Waals surface area contributed by atoms with E-state index in [1.54, 1.807) is 0 Å². The van der Waals surface area contributed by atoms with Crippen LogP contribution in [0.5, 0.6) is 0 Å². The summed E-state index contributed by atoms with van der Waals surface area (Å²) in [4.78, 5) is 11.7. The first-order chi connectivity index (χ1) is 13.1. The van der Waals surface area contributed by atoms with E-state index in [0.717, 1.165) is 25.7 Å². The molecular formula is C25H42O2. The summed E-state index contributed by atoms with van der Waals surface area (Å²) in [6.07, 6.45) is 17.4. The summed E-state index contributed by atoms with van der Waals surface area (Å²) in [5.41, 5.74) is 1.04. The summed E-state index contributed by atoms with van der Waals surface area (Å²) in [6.45, 7) is 4.49. The van der Waals surface area contributed by atoms with Gasteiger partial charge in [-0.1, -0.05) is 121 Å². The van der Waals surface area contributed by atoms with E-state index in [-0.39, 0.29) is 11.8 Å². The number of unbranched alkanes of at least 4 members (excludes halogenated alkanes) is 10. The highest BCUT2D eigenvalue weighted by molar-refractivity contribution is 5.69. The molecule has 0 saturated carbocycles. The molecule has 1 N–H and O–H groups in total. The van der Waals surface area contributed by atoms with Crippen LogP contribution in [0.15, 0.2) is 30.3 Å². The molecule has 154 valence electrons. The number of carbonyl (C=O) groups is 1. The maximum Gasteiger partial charge on any atom is 0.304 e. The van der Waals surface area contributed by atoms with Crippen LogP contribution in [-0.4, -0.2) is 11.1 Å². The van der Waals surface area contributed by atoms with Crippen LogP contribution in [0.3, 0.4) is 0 Å². The first kappa shape index (κ1) is 23.7. The predicted octanol–water partition coefficient (Wildman–Crippen LogP) is 7.90. The zero-order valence-electron chi connectivity index (χ0n) is 17.8. The average molecular weight is 375 g/mol. The number of carboxylic acid groups (broad SMARTS) is 1. The van der Waals surface area contributed by atoms with Crippen molar-refractivity contribution in [3.8, 4) is 0 Å². The summed E-state index contributed by atoms with van der Waals surface area (Å²) < 4.78 is 0. The highest BCUT2D eigenvalue weighted by Crippen LogP contribution is 2.39. The number of rotatable bonds is 17. The molecular weight excluding hydrogens is 332 g/mol. The van der Waals surface area contributed by atoms with Gasteiger partial charge < -0.3 is 5.11 Å². The van der Waals surface area contributed by atoms with Crippen molar-refractivity contribution < 1.29 is 9.90 Å². The summed E-state index contributed by atoms with van der Waals surface area (Å²) in [7, 11) is 0. The van der Waals surface area contributed by atoms with Crippen LogP contribution >= 0.6 is 0 Å². The zero-order chi connectivity index (χ0) is 19.8. The molecule has 1 aromatic rings. The molecule has 0 fully saturated rings. The molecule has 27 heavy (non-hydrogen) atoms. The van der Waals surface area contributed by atoms with Gasteiger partial charge in [-0.2, -0.15) is 0 Å². The fraction of sp³-hybridized carbons (Fsp3) is 0.720. The summed E-state index contributed by atoms with van der Waals surface area (Å²) >= 11 is 0. The molecule has 0 saturated heterocycles. The van der Waals surface area contributed by atoms with Gasteiger partial charge in [0.25, 0.3) is 0 Å². The third-order valence-electron chi connectivity index (χ3n) is 5.89. The van der Waals surface area contributed by atoms with Crippen molar-refractivity contribution in [1.82, 2.24) is 0 Å². The van der Waals surface area contributed by atoms with Crippen LogP contribution in [0.4, 0.5) is 0 Å². The summed E-state index contributed by atoms with van der Waals surface area (Å²) in [6, 6.07) is 10.5. The molecule has 0 spiro atoms. The zero-order valence-corrected chi connectivity index (χ0v) is 17.8. The lowest BCUT2D eigenvalue weighted by atomic mass is 9.70. The van der Waals surface area contributed by atoms with E-state index in [2.05, 4.69) is 38.1 Å². The number of carboxylic acids is 1. The Labute approximate surface area is 167 Å². The highest BCUT2D eigenvalue weighted by Gasteiger charge is 2.33. The molecule has 0 unspecified atom stereocenters. The van der Waals surface area contributed by atoms with Crippen LogP contribution in [0.25, 0.3) is 0 Å². The topological polar surface area (TPSA) is 37.3 Å². The molecule has 0 amide bonds. The standard InChI is InChI=1S/C25H42O2/c1-3-5-7-9-11-16-20-25(22-24(26)27,23-18-14-13-15-19-23)21-17-12-10-8-6-4-2/h13-15,18-19H,3-12,16-17,20-22H2,1-2H3,(H,26,27). The molecule has 1 aromatic carbocycles. The Morgan fingerprint density at radius 3 is 1.63 bits per heavy atom. The molecule has 2 nitrogen and oxygen atoms in total. The number of hydrogen-bond acceptors (Lipinski definition) is 1. The van der Waals surface area contributed by atoms with Gasteiger partial charge in [0.2, 0.25) is 0 Å². The largest absolute Gasteiger partial charge is 0.481 e. The van der Waals surface area contributed by atoms with Gasteiger partial charge in [-0.15, -0.1) is 0 Å². The minimum Gasteiger partial charge on any atom is -0.481 e. The van der Waals surface area contributed by atoms with Gasteiger partial charge in [0.05, 0.1) is 6.42 Å². The Morgan fingerprint density at radius 1 is 0.741 bits per heavy atom. The molecule has 0 aromatic heterocycles. The Kier molecular flexibility index (Phi) is 12.9. The molecule has 0 bridgehead atoms. The lowest BCUT2D eigenvalue weighted by Crippen LogP contribution is -2.29. The van der Waals surface area contributed by atoms with Crippen LogP contribution in [0.2, 0.25) is 0 Å². The number of aliphatic carboxylic acids is 1. The first-order valence-corrected chi connectivity index (χ1v) is 11.4. The van der Waals surface area contributed by atoms with Crippen molar-refractivity contribution in [1.29, 1.82) is 0 Å². The summed E-state index contributed by atoms with van der Waals surface area (Å²) in [5, 5.41) is 9.66. The molecule has 0 atom stereocenters. The Hall–Kier alpha value is -1.31. The lowest BCUT2D eigenvalue weighted by molar-refractivity contribution is -0.138. The second kappa shape index (κ2) is 14.7. The molecule has 0 aliphatic heterocycles. The second-order valence-electron chi connectivity index (χ2n) is 8.25. The predicted molar refractivity (Wildman–Crippen MR) is 116 cm³/mol. The maximum atomic E-state index is 11.7. The van der Waals surface area contributed by atoms with E-state index in [9.17, 15) is 9.90 Å². The van der Waals surface area contributed by atoms with Crippen molar-refractivity contribution >= 4 is 5.97 Å². The maximum absolute atomic E-state index is 11.7. The molecule has 2 heteroatoms. The number of hydrogen-bond donors (Lipinski definition) is 1. The first-order valence-electron chi connectivity index (χ1n) is 11.4. The van der Waals surface area contributed by atoms with Crippen molar-refractivity contribution in [2.75, 3.05) is 0 Å². The van der Waals surface area contributed by atoms with Crippen LogP contribution in [0.1, 0.15) is 116 Å². The van der Waals surface area contributed by atoms with E-state index in [0.29, 0.717) is 0 Å². The van der Waals surface area contributed by atoms with Gasteiger partial charge in [-0.25, -0.2) is 0 Å². The lowest BCUT2D eigenvalue weighted by Gasteiger charge is -2.34. The molecule has 0 aliphatic rings. The van der Waals surface area contributed by atoms with Crippen molar-refractivity contribution in [2.45, 2.75) is 116 Å². The Balaban J connectivity index is 2.72. The molecule has 1 rings (SSSR count). The van der Waals surface area contributed by atoms with E-state index in [4.69, 9.17) is 0 Å². The van der Waals surface area contributed by atoms with E-state index in [1.165, 1.54) is 69.8 Å². The smallest absolute Gasteiger partial charge is 0.304 e. The Bertz CT molecular complexity index is 464. The van der Waals surface area contributed by atoms with Gasteiger partial charge in [0.1, 0.15) is 0 Å². The quantitative estimate of drug-likeness (QED) is 0.281. The van der Waals surface area contributed by atoms with E-state index >= 15 is 0 Å². The third-order valence-corrected chi connectivity index (χ3v) is 5.89. The van der Waals surface area contributed by atoms with Crippen LogP contribution < -0.4 is 0 Å². The summed E-state index contributed by atoms with van der Waals surface area (Å²) in [5.74, 6) is -0.657. The molecule has 0 radical (unpaired) electrons. The minimum atomic E-state index is -0.657. The highest BCUT2D eigenvalue weighted by atomic mass is 16.4. The van der Waals surface area contributed by atoms with Crippen molar-refractivity contribution in [2.24, 2.45) is 0 Å². The fourth-order valence-electron chi connectivity index (χ4n) is 4.26. The molecule has 0 aliphatic carbocycles. The van der Waals surface area contributed by atoms with Gasteiger partial charge in [0, 0.05) is 5.41 Å². The van der Waals surface area contributed by atoms with Crippen molar-refractivity contribution in [3.63, 3.8) is 0 Å². The van der Waals surface area contributed by atoms with Crippen LogP contribution in [0, 0.1) is 0 Å². The minimum absolute atomic E-state index is 0.192. The average Bonchev–Trinajstić information content (AvgIpc) is 2.67. The van der Waals surface area contributed by atoms with Gasteiger partial charge in [-0.05, 0) is 18.4 Å². The second-order valence-corrected chi connectivity index (χ2v) is 8.25. The van der Waals surface area contributed by atoms with Gasteiger partial charge >= 0.3 is 5.97 Å². The fourth-order valence-corrected chi connectivity index (χ4v) is 4.26. The third kappa shape index (κ3) is 9.98. The van der Waals surface area contributed by atoms with E-state index < -0.39 is 5.97 Å². The monoisotopic (exact) mass is 374 g/mol. The Morgan fingerprint density at radius 2 is 1.19 bits per heavy atom. The van der Waals surface area contributed by atoms with E-state index in [1.807, 2.05) is 6.07 Å². The normalized spacial score (nSPS) is 11.6. The van der Waals surface area contributed by atoms with Gasteiger partial charge in [-0.3, -0.25) is 4.79 Å². The number of benzene rings is 1. The van der Waals surface area contributed by atoms with Crippen LogP contribution in [-0.2, 0) is 10.2 Å². The van der Waals surface area contributed by atoms with Crippen molar-refractivity contribution in [3.05, 3.63) is 35.9 Å².